The van der Waals surface area contributed by atoms with Crippen LogP contribution in [0.5, 0.6) is 0 Å². The fourth-order valence-electron chi connectivity index (χ4n) is 2.88. The Morgan fingerprint density at radius 1 is 1.24 bits per heavy atom. The Morgan fingerprint density at radius 2 is 2.00 bits per heavy atom. The number of aryl methyl sites for hydroxylation is 1. The van der Waals surface area contributed by atoms with Crippen LogP contribution in [0.25, 0.3) is 5.65 Å². The van der Waals surface area contributed by atoms with Crippen LogP contribution < -0.4 is 4.72 Å². The van der Waals surface area contributed by atoms with E-state index in [0.717, 1.165) is 24.2 Å². The molecule has 0 atom stereocenters. The first kappa shape index (κ1) is 20.8. The zero-order chi connectivity index (χ0) is 21.2. The smallest absolute Gasteiger partial charge is 0.232 e. The van der Waals surface area contributed by atoms with Gasteiger partial charge in [0.1, 0.15) is 5.82 Å². The average Bonchev–Trinajstić information content (AvgIpc) is 3.06. The number of nitrogens with one attached hydrogen (secondary N) is 1. The first-order valence-corrected chi connectivity index (χ1v) is 10.7. The summed E-state index contributed by atoms with van der Waals surface area (Å²) in [4.78, 5) is 16.8. The van der Waals surface area contributed by atoms with Crippen molar-refractivity contribution in [1.29, 1.82) is 0 Å². The first-order chi connectivity index (χ1) is 13.7. The molecule has 0 unspecified atom stereocenters. The molecule has 2 heterocycles. The molecule has 3 rings (SSSR count). The summed E-state index contributed by atoms with van der Waals surface area (Å²) in [6, 6.07) is 3.62. The number of Topliss-reactive ketones (excluding diaryl/α,β-unsaturated/α-hetero) is 1. The Hall–Kier alpha value is -2.88. The predicted octanol–water partition coefficient (Wildman–Crippen LogP) is 3.15. The van der Waals surface area contributed by atoms with Crippen molar-refractivity contribution >= 4 is 27.1 Å². The van der Waals surface area contributed by atoms with Crippen molar-refractivity contribution in [2.75, 3.05) is 10.5 Å². The maximum Gasteiger partial charge on any atom is 0.232 e. The summed E-state index contributed by atoms with van der Waals surface area (Å²) in [5.74, 6) is -3.36. The number of carbonyl (C=O) groups is 1. The number of anilines is 1. The van der Waals surface area contributed by atoms with E-state index in [1.54, 1.807) is 19.2 Å². The molecule has 1 N–H and O–H groups in total. The molecule has 29 heavy (non-hydrogen) atoms. The normalized spacial score (nSPS) is 11.7. The summed E-state index contributed by atoms with van der Waals surface area (Å²) >= 11 is 0. The fourth-order valence-corrected chi connectivity index (χ4v) is 4.01. The lowest BCUT2D eigenvalue weighted by Gasteiger charge is -2.11. The van der Waals surface area contributed by atoms with E-state index in [4.69, 9.17) is 0 Å². The number of aromatic nitrogens is 3. The minimum absolute atomic E-state index is 0.220. The number of carbonyl (C=O) groups excluding carboxylic acids is 1. The highest BCUT2D eigenvalue weighted by Crippen LogP contribution is 2.24. The second kappa shape index (κ2) is 8.24. The highest BCUT2D eigenvalue weighted by molar-refractivity contribution is 7.92. The van der Waals surface area contributed by atoms with Crippen LogP contribution in [-0.2, 0) is 22.9 Å². The number of halogens is 2. The van der Waals surface area contributed by atoms with E-state index in [9.17, 15) is 22.0 Å². The van der Waals surface area contributed by atoms with E-state index >= 15 is 0 Å². The van der Waals surface area contributed by atoms with Crippen molar-refractivity contribution in [3.63, 3.8) is 0 Å². The van der Waals surface area contributed by atoms with Crippen LogP contribution in [0.1, 0.15) is 41.9 Å². The third kappa shape index (κ3) is 4.58. The van der Waals surface area contributed by atoms with Crippen molar-refractivity contribution in [2.45, 2.75) is 33.1 Å². The number of benzene rings is 1. The van der Waals surface area contributed by atoms with Crippen LogP contribution in [-0.4, -0.2) is 34.6 Å². The highest BCUT2D eigenvalue weighted by Gasteiger charge is 2.23. The minimum Gasteiger partial charge on any atom is -0.294 e. The molecule has 1 aromatic carbocycles. The standard InChI is InChI=1S/C19H20F2N4O3S/c1-3-7-29(27,28)24-15-6-5-14(20)18(19(15)21)16(26)8-12-10-22-17-9-13(4-2)23-25(17)11-12/h5-6,9-11,24H,3-4,7-8H2,1-2H3. The molecular weight excluding hydrogens is 402 g/mol. The van der Waals surface area contributed by atoms with Gasteiger partial charge in [0.25, 0.3) is 0 Å². The topological polar surface area (TPSA) is 93.4 Å². The second-order valence-electron chi connectivity index (χ2n) is 6.56. The molecule has 0 aliphatic rings. The minimum atomic E-state index is -3.79. The van der Waals surface area contributed by atoms with Gasteiger partial charge in [0.15, 0.2) is 17.2 Å². The molecule has 0 amide bonds. The average molecular weight is 422 g/mol. The van der Waals surface area contributed by atoms with Crippen molar-refractivity contribution in [1.82, 2.24) is 14.6 Å². The van der Waals surface area contributed by atoms with Gasteiger partial charge >= 0.3 is 0 Å². The van der Waals surface area contributed by atoms with Crippen LogP contribution in [0.2, 0.25) is 0 Å². The van der Waals surface area contributed by atoms with Gasteiger partial charge in [-0.1, -0.05) is 13.8 Å². The van der Waals surface area contributed by atoms with Gasteiger partial charge in [-0.25, -0.2) is 26.7 Å². The Balaban J connectivity index is 1.89. The van der Waals surface area contributed by atoms with Gasteiger partial charge in [-0.2, -0.15) is 5.10 Å². The molecule has 0 spiro atoms. The SMILES string of the molecule is CCCS(=O)(=O)Nc1ccc(F)c(C(=O)Cc2cnc3cc(CC)nn3c2)c1F. The molecule has 154 valence electrons. The number of fused-ring (bicyclic) bond motifs is 1. The molecule has 0 saturated carbocycles. The Labute approximate surface area is 166 Å². The number of hydrogen-bond donors (Lipinski definition) is 1. The summed E-state index contributed by atoms with van der Waals surface area (Å²) in [6.07, 6.45) is 3.74. The van der Waals surface area contributed by atoms with E-state index in [-0.39, 0.29) is 12.2 Å². The van der Waals surface area contributed by atoms with Gasteiger partial charge in [-0.3, -0.25) is 9.52 Å². The van der Waals surface area contributed by atoms with Crippen molar-refractivity contribution < 1.29 is 22.0 Å². The van der Waals surface area contributed by atoms with Crippen LogP contribution in [0.4, 0.5) is 14.5 Å². The molecule has 0 fully saturated rings. The predicted molar refractivity (Wildman–Crippen MR) is 104 cm³/mol. The number of hydrogen-bond acceptors (Lipinski definition) is 5. The number of nitrogens with zero attached hydrogens (tertiary/aromatic N) is 3. The monoisotopic (exact) mass is 422 g/mol. The van der Waals surface area contributed by atoms with E-state index in [2.05, 4.69) is 14.8 Å². The lowest BCUT2D eigenvalue weighted by atomic mass is 10.0. The molecule has 10 heteroatoms. The largest absolute Gasteiger partial charge is 0.294 e. The number of ketones is 1. The van der Waals surface area contributed by atoms with Gasteiger partial charge in [0.05, 0.1) is 22.7 Å². The maximum absolute atomic E-state index is 14.7. The number of sulfonamides is 1. The van der Waals surface area contributed by atoms with Gasteiger partial charge in [-0.15, -0.1) is 0 Å². The molecule has 2 aromatic heterocycles. The molecule has 3 aromatic rings. The van der Waals surface area contributed by atoms with Crippen molar-refractivity contribution in [3.05, 3.63) is 59.0 Å². The van der Waals surface area contributed by atoms with Gasteiger partial charge in [-0.05, 0) is 30.5 Å². The lowest BCUT2D eigenvalue weighted by Crippen LogP contribution is -2.19. The zero-order valence-electron chi connectivity index (χ0n) is 15.9. The van der Waals surface area contributed by atoms with E-state index < -0.39 is 38.7 Å². The Kier molecular flexibility index (Phi) is 5.92. The molecule has 0 aliphatic heterocycles. The summed E-state index contributed by atoms with van der Waals surface area (Å²) < 4.78 is 56.3. The zero-order valence-corrected chi connectivity index (χ0v) is 16.8. The Morgan fingerprint density at radius 3 is 2.69 bits per heavy atom. The second-order valence-corrected chi connectivity index (χ2v) is 8.40. The molecular formula is C19H20F2N4O3S. The van der Waals surface area contributed by atoms with E-state index in [1.165, 1.54) is 10.7 Å². The quantitative estimate of drug-likeness (QED) is 0.563. The van der Waals surface area contributed by atoms with Crippen molar-refractivity contribution in [2.24, 2.45) is 0 Å². The van der Waals surface area contributed by atoms with Crippen LogP contribution in [0, 0.1) is 11.6 Å². The fraction of sp³-hybridized carbons (Fsp3) is 0.316. The summed E-state index contributed by atoms with van der Waals surface area (Å²) in [5, 5.41) is 4.30. The molecule has 0 saturated heterocycles. The van der Waals surface area contributed by atoms with Crippen LogP contribution >= 0.6 is 0 Å². The molecule has 0 bridgehead atoms. The molecule has 7 nitrogen and oxygen atoms in total. The maximum atomic E-state index is 14.7. The number of rotatable bonds is 8. The molecule has 0 aliphatic carbocycles. The van der Waals surface area contributed by atoms with Crippen molar-refractivity contribution in [3.8, 4) is 0 Å². The van der Waals surface area contributed by atoms with E-state index in [0.29, 0.717) is 17.6 Å². The van der Waals surface area contributed by atoms with E-state index in [1.807, 2.05) is 6.92 Å². The van der Waals surface area contributed by atoms with Gasteiger partial charge in [0, 0.05) is 24.9 Å². The van der Waals surface area contributed by atoms with Gasteiger partial charge in [0.2, 0.25) is 10.0 Å². The highest BCUT2D eigenvalue weighted by atomic mass is 32.2. The third-order valence-corrected chi connectivity index (χ3v) is 5.73. The van der Waals surface area contributed by atoms with Crippen LogP contribution in [0.3, 0.4) is 0 Å². The summed E-state index contributed by atoms with van der Waals surface area (Å²) in [5.41, 5.74) is 0.588. The molecule has 0 radical (unpaired) electrons. The van der Waals surface area contributed by atoms with Gasteiger partial charge < -0.3 is 0 Å². The Bertz CT molecular complexity index is 1180. The first-order valence-electron chi connectivity index (χ1n) is 9.09. The lowest BCUT2D eigenvalue weighted by molar-refractivity contribution is 0.0984. The third-order valence-electron chi connectivity index (χ3n) is 4.25. The summed E-state index contributed by atoms with van der Waals surface area (Å²) in [7, 11) is -3.79. The summed E-state index contributed by atoms with van der Waals surface area (Å²) in [6.45, 7) is 3.60. The van der Waals surface area contributed by atoms with Crippen LogP contribution in [0.15, 0.2) is 30.6 Å².